The second kappa shape index (κ2) is 5.15. The predicted octanol–water partition coefficient (Wildman–Crippen LogP) is 3.29. The van der Waals surface area contributed by atoms with Gasteiger partial charge >= 0.3 is 12.1 Å². The van der Waals surface area contributed by atoms with Gasteiger partial charge in [0.25, 0.3) is 0 Å². The Balaban J connectivity index is 2.27. The van der Waals surface area contributed by atoms with Crippen molar-refractivity contribution in [3.8, 4) is 0 Å². The van der Waals surface area contributed by atoms with Crippen LogP contribution >= 0.6 is 0 Å². The van der Waals surface area contributed by atoms with Gasteiger partial charge < -0.3 is 9.84 Å². The molecule has 0 bridgehead atoms. The molecule has 1 aromatic carbocycles. The zero-order chi connectivity index (χ0) is 14.9. The lowest BCUT2D eigenvalue weighted by molar-refractivity contribution is 0.0576. The molecule has 0 saturated heterocycles. The van der Waals surface area contributed by atoms with Crippen molar-refractivity contribution in [2.45, 2.75) is 45.3 Å². The van der Waals surface area contributed by atoms with Gasteiger partial charge in [-0.05, 0) is 51.8 Å². The van der Waals surface area contributed by atoms with E-state index < -0.39 is 17.7 Å². The Bertz CT molecular complexity index is 529. The zero-order valence-electron chi connectivity index (χ0n) is 11.9. The third-order valence-corrected chi connectivity index (χ3v) is 2.87. The molecule has 5 nitrogen and oxygen atoms in total. The quantitative estimate of drug-likeness (QED) is 0.920. The van der Waals surface area contributed by atoms with Gasteiger partial charge in [0.05, 0.1) is 5.56 Å². The molecule has 20 heavy (non-hydrogen) atoms. The maximum atomic E-state index is 12.3. The highest BCUT2D eigenvalue weighted by atomic mass is 16.6. The summed E-state index contributed by atoms with van der Waals surface area (Å²) in [6.07, 6.45) is 1.40. The molecule has 1 aliphatic rings. The summed E-state index contributed by atoms with van der Waals surface area (Å²) in [6, 6.07) is 6.48. The molecule has 5 heteroatoms. The van der Waals surface area contributed by atoms with Gasteiger partial charge in [0, 0.05) is 11.7 Å². The molecule has 0 unspecified atom stereocenters. The number of carboxylic acids is 1. The van der Waals surface area contributed by atoms with E-state index in [1.165, 1.54) is 12.1 Å². The average molecular weight is 277 g/mol. The van der Waals surface area contributed by atoms with Crippen LogP contribution in [0.1, 0.15) is 44.0 Å². The van der Waals surface area contributed by atoms with Gasteiger partial charge in [0.1, 0.15) is 5.60 Å². The van der Waals surface area contributed by atoms with Gasteiger partial charge in [-0.25, -0.2) is 9.59 Å². The Hall–Kier alpha value is -2.04. The smallest absolute Gasteiger partial charge is 0.415 e. The molecule has 1 saturated carbocycles. The van der Waals surface area contributed by atoms with E-state index in [1.54, 1.807) is 17.0 Å². The highest BCUT2D eigenvalue weighted by Crippen LogP contribution is 2.33. The fraction of sp³-hybridized carbons (Fsp3) is 0.467. The van der Waals surface area contributed by atoms with Gasteiger partial charge in [0.15, 0.2) is 0 Å². The maximum Gasteiger partial charge on any atom is 0.415 e. The molecule has 0 heterocycles. The molecule has 1 aliphatic carbocycles. The summed E-state index contributed by atoms with van der Waals surface area (Å²) < 4.78 is 5.40. The Morgan fingerprint density at radius 3 is 2.45 bits per heavy atom. The number of benzene rings is 1. The number of rotatable bonds is 3. The molecular weight excluding hydrogens is 258 g/mol. The first kappa shape index (κ1) is 14.4. The number of amides is 1. The second-order valence-corrected chi connectivity index (χ2v) is 5.94. The first-order valence-corrected chi connectivity index (χ1v) is 6.63. The van der Waals surface area contributed by atoms with Crippen LogP contribution < -0.4 is 4.90 Å². The number of nitrogens with zero attached hydrogens (tertiary/aromatic N) is 1. The second-order valence-electron chi connectivity index (χ2n) is 5.94. The molecule has 0 aliphatic heterocycles. The lowest BCUT2D eigenvalue weighted by Crippen LogP contribution is -2.38. The number of carbonyl (C=O) groups excluding carboxylic acids is 1. The van der Waals surface area contributed by atoms with Crippen molar-refractivity contribution in [3.05, 3.63) is 29.8 Å². The SMILES string of the molecule is CC(C)(C)OC(=O)N(c1cccc(C(=O)O)c1)C1CC1. The molecule has 1 N–H and O–H groups in total. The summed E-state index contributed by atoms with van der Waals surface area (Å²) in [5.74, 6) is -1.01. The normalized spacial score (nSPS) is 14.8. The van der Waals surface area contributed by atoms with E-state index in [4.69, 9.17) is 9.84 Å². The van der Waals surface area contributed by atoms with Crippen LogP contribution in [0.4, 0.5) is 10.5 Å². The van der Waals surface area contributed by atoms with Gasteiger partial charge in [-0.3, -0.25) is 4.90 Å². The third-order valence-electron chi connectivity index (χ3n) is 2.87. The van der Waals surface area contributed by atoms with E-state index in [-0.39, 0.29) is 11.6 Å². The topological polar surface area (TPSA) is 66.8 Å². The van der Waals surface area contributed by atoms with Crippen LogP contribution in [-0.4, -0.2) is 28.8 Å². The van der Waals surface area contributed by atoms with E-state index in [0.29, 0.717) is 5.69 Å². The van der Waals surface area contributed by atoms with Crippen molar-refractivity contribution in [1.82, 2.24) is 0 Å². The number of ether oxygens (including phenoxy) is 1. The molecule has 1 aromatic rings. The summed E-state index contributed by atoms with van der Waals surface area (Å²) in [7, 11) is 0. The highest BCUT2D eigenvalue weighted by Gasteiger charge is 2.36. The summed E-state index contributed by atoms with van der Waals surface area (Å²) >= 11 is 0. The zero-order valence-corrected chi connectivity index (χ0v) is 11.9. The lowest BCUT2D eigenvalue weighted by atomic mass is 10.2. The Morgan fingerprint density at radius 1 is 1.30 bits per heavy atom. The van der Waals surface area contributed by atoms with Gasteiger partial charge in [-0.15, -0.1) is 0 Å². The van der Waals surface area contributed by atoms with Crippen LogP contribution in [0.25, 0.3) is 0 Å². The lowest BCUT2D eigenvalue weighted by Gasteiger charge is -2.27. The molecule has 2 rings (SSSR count). The van der Waals surface area contributed by atoms with Crippen molar-refractivity contribution in [1.29, 1.82) is 0 Å². The molecule has 0 radical (unpaired) electrons. The fourth-order valence-electron chi connectivity index (χ4n) is 1.90. The van der Waals surface area contributed by atoms with Crippen molar-refractivity contribution in [3.63, 3.8) is 0 Å². The molecule has 1 fully saturated rings. The summed E-state index contributed by atoms with van der Waals surface area (Å²) in [4.78, 5) is 24.9. The first-order chi connectivity index (χ1) is 9.28. The highest BCUT2D eigenvalue weighted by molar-refractivity contribution is 5.93. The molecule has 0 aromatic heterocycles. The maximum absolute atomic E-state index is 12.3. The third kappa shape index (κ3) is 3.50. The molecule has 0 atom stereocenters. The molecule has 1 amide bonds. The minimum absolute atomic E-state index is 0.105. The van der Waals surface area contributed by atoms with Gasteiger partial charge in [-0.1, -0.05) is 6.07 Å². The summed E-state index contributed by atoms with van der Waals surface area (Å²) in [6.45, 7) is 5.43. The van der Waals surface area contributed by atoms with E-state index in [2.05, 4.69) is 0 Å². The number of anilines is 1. The molecular formula is C15H19NO4. The van der Waals surface area contributed by atoms with Crippen molar-refractivity contribution >= 4 is 17.7 Å². The number of aromatic carboxylic acids is 1. The summed E-state index contributed by atoms with van der Waals surface area (Å²) in [5.41, 5.74) is 0.160. The van der Waals surface area contributed by atoms with Gasteiger partial charge in [0.2, 0.25) is 0 Å². The van der Waals surface area contributed by atoms with E-state index in [0.717, 1.165) is 12.8 Å². The van der Waals surface area contributed by atoms with E-state index in [9.17, 15) is 9.59 Å². The Morgan fingerprint density at radius 2 is 1.95 bits per heavy atom. The average Bonchev–Trinajstić information content (AvgIpc) is 3.11. The summed E-state index contributed by atoms with van der Waals surface area (Å²) in [5, 5.41) is 9.04. The van der Waals surface area contributed by atoms with Crippen molar-refractivity contribution in [2.75, 3.05) is 4.90 Å². The largest absolute Gasteiger partial charge is 0.478 e. The van der Waals surface area contributed by atoms with E-state index >= 15 is 0 Å². The van der Waals surface area contributed by atoms with Crippen molar-refractivity contribution < 1.29 is 19.4 Å². The number of hydrogen-bond acceptors (Lipinski definition) is 3. The monoisotopic (exact) mass is 277 g/mol. The van der Waals surface area contributed by atoms with Crippen LogP contribution in [0.5, 0.6) is 0 Å². The van der Waals surface area contributed by atoms with Crippen LogP contribution in [0.2, 0.25) is 0 Å². The van der Waals surface area contributed by atoms with Crippen molar-refractivity contribution in [2.24, 2.45) is 0 Å². The van der Waals surface area contributed by atoms with Crippen LogP contribution in [0.3, 0.4) is 0 Å². The predicted molar refractivity (Wildman–Crippen MR) is 75.1 cm³/mol. The van der Waals surface area contributed by atoms with Crippen LogP contribution in [0, 0.1) is 0 Å². The number of carboxylic acid groups (broad SMARTS) is 1. The minimum Gasteiger partial charge on any atom is -0.478 e. The molecule has 108 valence electrons. The standard InChI is InChI=1S/C15H19NO4/c1-15(2,3)20-14(19)16(11-7-8-11)12-6-4-5-10(9-12)13(17)18/h4-6,9,11H,7-8H2,1-3H3,(H,17,18). The Kier molecular flexibility index (Phi) is 3.70. The molecule has 0 spiro atoms. The van der Waals surface area contributed by atoms with Gasteiger partial charge in [-0.2, -0.15) is 0 Å². The Labute approximate surface area is 118 Å². The number of carbonyl (C=O) groups is 2. The minimum atomic E-state index is -1.01. The van der Waals surface area contributed by atoms with E-state index in [1.807, 2.05) is 20.8 Å². The van der Waals surface area contributed by atoms with Crippen LogP contribution in [-0.2, 0) is 4.74 Å². The first-order valence-electron chi connectivity index (χ1n) is 6.63. The number of hydrogen-bond donors (Lipinski definition) is 1. The fourth-order valence-corrected chi connectivity index (χ4v) is 1.90. The van der Waals surface area contributed by atoms with Crippen LogP contribution in [0.15, 0.2) is 24.3 Å².